The van der Waals surface area contributed by atoms with Crippen LogP contribution in [-0.4, -0.2) is 37.7 Å². The van der Waals surface area contributed by atoms with E-state index >= 15 is 0 Å². The lowest BCUT2D eigenvalue weighted by Gasteiger charge is -2.32. The maximum atomic E-state index is 12.5. The third kappa shape index (κ3) is 5.86. The highest BCUT2D eigenvalue weighted by molar-refractivity contribution is 5.91. The van der Waals surface area contributed by atoms with E-state index in [0.717, 1.165) is 67.8 Å². The van der Waals surface area contributed by atoms with Crippen molar-refractivity contribution >= 4 is 10.9 Å². The van der Waals surface area contributed by atoms with Crippen LogP contribution in [0.15, 0.2) is 114 Å². The molecule has 3 aromatic heterocycles. The summed E-state index contributed by atoms with van der Waals surface area (Å²) >= 11 is 0. The standard InChI is InChI=1S/C38H37N5O/c1-2-43-36(24-32(41-43)23-27-9-5-3-6-10-27)30-18-21-42(22-19-30)26-28-13-15-31(16-14-28)37-33(29-11-7-4-8-12-29)25-34-35(40-37)17-20-39-38(34)44/h3-17,20,24-25,30H,2,18-19,21-23,26H2,1H3,(H,39,44). The Hall–Kier alpha value is -4.81. The molecule has 6 aromatic rings. The maximum absolute atomic E-state index is 12.5. The van der Waals surface area contributed by atoms with Crippen molar-refractivity contribution < 1.29 is 0 Å². The van der Waals surface area contributed by atoms with Crippen molar-refractivity contribution in [1.82, 2.24) is 24.6 Å². The molecule has 44 heavy (non-hydrogen) atoms. The molecular weight excluding hydrogens is 542 g/mol. The second-order valence-electron chi connectivity index (χ2n) is 11.8. The van der Waals surface area contributed by atoms with Gasteiger partial charge in [0.05, 0.1) is 22.3 Å². The SMILES string of the molecule is CCn1nc(Cc2ccccc2)cc1C1CCN(Cc2ccc(-c3nc4cc[nH]c(=O)c4cc3-c3ccccc3)cc2)CC1. The van der Waals surface area contributed by atoms with Crippen molar-refractivity contribution in [1.29, 1.82) is 0 Å². The Morgan fingerprint density at radius 1 is 0.818 bits per heavy atom. The van der Waals surface area contributed by atoms with E-state index in [4.69, 9.17) is 10.1 Å². The summed E-state index contributed by atoms with van der Waals surface area (Å²) in [4.78, 5) is 22.9. The summed E-state index contributed by atoms with van der Waals surface area (Å²) in [6.07, 6.45) is 4.84. The molecule has 0 amide bonds. The fraction of sp³-hybridized carbons (Fsp3) is 0.237. The molecular formula is C38H37N5O. The number of rotatable bonds is 8. The smallest absolute Gasteiger partial charge is 0.257 e. The first-order valence-corrected chi connectivity index (χ1v) is 15.6. The number of hydrogen-bond donors (Lipinski definition) is 1. The van der Waals surface area contributed by atoms with Crippen LogP contribution in [0.3, 0.4) is 0 Å². The van der Waals surface area contributed by atoms with E-state index in [-0.39, 0.29) is 5.56 Å². The molecule has 0 aliphatic carbocycles. The molecule has 0 bridgehead atoms. The third-order valence-electron chi connectivity index (χ3n) is 8.87. The Balaban J connectivity index is 1.05. The Labute approximate surface area is 258 Å². The number of likely N-dealkylation sites (tertiary alicyclic amines) is 1. The third-order valence-corrected chi connectivity index (χ3v) is 8.87. The minimum absolute atomic E-state index is 0.121. The van der Waals surface area contributed by atoms with Crippen LogP contribution in [0.2, 0.25) is 0 Å². The number of hydrogen-bond acceptors (Lipinski definition) is 4. The highest BCUT2D eigenvalue weighted by Crippen LogP contribution is 2.34. The van der Waals surface area contributed by atoms with Gasteiger partial charge in [-0.25, -0.2) is 4.98 Å². The fourth-order valence-electron chi connectivity index (χ4n) is 6.54. The van der Waals surface area contributed by atoms with Crippen molar-refractivity contribution in [2.45, 2.75) is 45.2 Å². The van der Waals surface area contributed by atoms with Crippen LogP contribution >= 0.6 is 0 Å². The molecule has 1 aliphatic heterocycles. The van der Waals surface area contributed by atoms with Gasteiger partial charge in [-0.1, -0.05) is 84.9 Å². The lowest BCUT2D eigenvalue weighted by Crippen LogP contribution is -2.33. The first kappa shape index (κ1) is 28.0. The van der Waals surface area contributed by atoms with E-state index in [2.05, 4.69) is 94.3 Å². The van der Waals surface area contributed by atoms with Gasteiger partial charge in [-0.15, -0.1) is 0 Å². The summed E-state index contributed by atoms with van der Waals surface area (Å²) in [7, 11) is 0. The van der Waals surface area contributed by atoms with Gasteiger partial charge in [-0.3, -0.25) is 14.4 Å². The lowest BCUT2D eigenvalue weighted by atomic mass is 9.92. The van der Waals surface area contributed by atoms with Crippen LogP contribution in [0.1, 0.15) is 48.2 Å². The number of piperidine rings is 1. The van der Waals surface area contributed by atoms with Crippen LogP contribution in [0.5, 0.6) is 0 Å². The number of aryl methyl sites for hydroxylation is 1. The molecule has 1 fully saturated rings. The maximum Gasteiger partial charge on any atom is 0.257 e. The average molecular weight is 580 g/mol. The zero-order chi connectivity index (χ0) is 29.9. The van der Waals surface area contributed by atoms with Crippen molar-refractivity contribution in [3.8, 4) is 22.4 Å². The monoisotopic (exact) mass is 579 g/mol. The largest absolute Gasteiger partial charge is 0.328 e. The van der Waals surface area contributed by atoms with Gasteiger partial charge in [0.15, 0.2) is 0 Å². The van der Waals surface area contributed by atoms with Crippen molar-refractivity contribution in [3.05, 3.63) is 142 Å². The van der Waals surface area contributed by atoms with E-state index in [9.17, 15) is 4.79 Å². The summed E-state index contributed by atoms with van der Waals surface area (Å²) in [6, 6.07) is 35.8. The number of nitrogens with one attached hydrogen (secondary N) is 1. The van der Waals surface area contributed by atoms with Crippen LogP contribution in [0.4, 0.5) is 0 Å². The topological polar surface area (TPSA) is 66.8 Å². The second kappa shape index (κ2) is 12.4. The van der Waals surface area contributed by atoms with Gasteiger partial charge < -0.3 is 4.98 Å². The molecule has 0 unspecified atom stereocenters. The highest BCUT2D eigenvalue weighted by Gasteiger charge is 2.24. The molecule has 0 radical (unpaired) electrons. The molecule has 220 valence electrons. The van der Waals surface area contributed by atoms with E-state index in [0.29, 0.717) is 16.8 Å². The normalized spacial score (nSPS) is 14.3. The Morgan fingerprint density at radius 2 is 1.55 bits per heavy atom. The van der Waals surface area contributed by atoms with Crippen LogP contribution < -0.4 is 5.56 Å². The van der Waals surface area contributed by atoms with E-state index < -0.39 is 0 Å². The lowest BCUT2D eigenvalue weighted by molar-refractivity contribution is 0.201. The van der Waals surface area contributed by atoms with Crippen molar-refractivity contribution in [2.24, 2.45) is 0 Å². The van der Waals surface area contributed by atoms with Gasteiger partial charge in [0, 0.05) is 48.4 Å². The molecule has 1 saturated heterocycles. The second-order valence-corrected chi connectivity index (χ2v) is 11.8. The quantitative estimate of drug-likeness (QED) is 0.203. The number of nitrogens with zero attached hydrogens (tertiary/aromatic N) is 4. The van der Waals surface area contributed by atoms with Gasteiger partial charge in [0.1, 0.15) is 0 Å². The molecule has 0 atom stereocenters. The Kier molecular flexibility index (Phi) is 7.91. The number of aromatic nitrogens is 4. The minimum Gasteiger partial charge on any atom is -0.328 e. The summed E-state index contributed by atoms with van der Waals surface area (Å²) in [6.45, 7) is 6.19. The molecule has 0 spiro atoms. The number of benzene rings is 3. The molecule has 6 nitrogen and oxygen atoms in total. The van der Waals surface area contributed by atoms with Crippen LogP contribution in [0, 0.1) is 0 Å². The summed E-state index contributed by atoms with van der Waals surface area (Å²) < 4.78 is 2.22. The molecule has 6 heteroatoms. The molecule has 3 aromatic carbocycles. The number of pyridine rings is 2. The van der Waals surface area contributed by atoms with Gasteiger partial charge in [-0.2, -0.15) is 5.10 Å². The first-order valence-electron chi connectivity index (χ1n) is 15.6. The summed E-state index contributed by atoms with van der Waals surface area (Å²) in [5, 5.41) is 5.55. The zero-order valence-electron chi connectivity index (χ0n) is 25.1. The van der Waals surface area contributed by atoms with Gasteiger partial charge in [-0.05, 0) is 67.7 Å². The van der Waals surface area contributed by atoms with Crippen molar-refractivity contribution in [2.75, 3.05) is 13.1 Å². The Bertz CT molecular complexity index is 1920. The number of fused-ring (bicyclic) bond motifs is 1. The minimum atomic E-state index is -0.121. The summed E-state index contributed by atoms with van der Waals surface area (Å²) in [5.74, 6) is 0.549. The number of H-pyrrole nitrogens is 1. The van der Waals surface area contributed by atoms with E-state index in [1.165, 1.54) is 22.5 Å². The van der Waals surface area contributed by atoms with Gasteiger partial charge in [0.2, 0.25) is 0 Å². The number of aromatic amines is 1. The Morgan fingerprint density at radius 3 is 2.27 bits per heavy atom. The highest BCUT2D eigenvalue weighted by atomic mass is 16.1. The van der Waals surface area contributed by atoms with Crippen LogP contribution in [-0.2, 0) is 19.5 Å². The first-order chi connectivity index (χ1) is 21.6. The zero-order valence-corrected chi connectivity index (χ0v) is 25.1. The fourth-order valence-corrected chi connectivity index (χ4v) is 6.54. The van der Waals surface area contributed by atoms with Crippen molar-refractivity contribution in [3.63, 3.8) is 0 Å². The summed E-state index contributed by atoms with van der Waals surface area (Å²) in [5.41, 5.74) is 9.69. The molecule has 4 heterocycles. The molecule has 7 rings (SSSR count). The predicted molar refractivity (Wildman–Crippen MR) is 178 cm³/mol. The van der Waals surface area contributed by atoms with Gasteiger partial charge in [0.25, 0.3) is 5.56 Å². The van der Waals surface area contributed by atoms with E-state index in [1.807, 2.05) is 30.3 Å². The molecule has 0 saturated carbocycles. The van der Waals surface area contributed by atoms with Gasteiger partial charge >= 0.3 is 0 Å². The molecule has 1 aliphatic rings. The molecule has 1 N–H and O–H groups in total. The predicted octanol–water partition coefficient (Wildman–Crippen LogP) is 7.44. The van der Waals surface area contributed by atoms with E-state index in [1.54, 1.807) is 6.20 Å². The average Bonchev–Trinajstić information content (AvgIpc) is 3.49. The van der Waals surface area contributed by atoms with Crippen LogP contribution in [0.25, 0.3) is 33.3 Å².